The number of hydrogen-bond acceptors (Lipinski definition) is 11. The molecule has 2 aliphatic rings. The highest BCUT2D eigenvalue weighted by atomic mass is 79.9. The molecule has 0 amide bonds. The highest BCUT2D eigenvalue weighted by molar-refractivity contribution is 9.10. The van der Waals surface area contributed by atoms with Crippen molar-refractivity contribution in [1.82, 2.24) is 34.9 Å². The molecule has 0 saturated carbocycles. The first-order chi connectivity index (χ1) is 23.7. The zero-order valence-electron chi connectivity index (χ0n) is 28.3. The molecule has 14 heteroatoms. The van der Waals surface area contributed by atoms with Crippen LogP contribution < -0.4 is 30.9 Å². The molecule has 0 spiro atoms. The van der Waals surface area contributed by atoms with Gasteiger partial charge in [0.2, 0.25) is 5.95 Å². The molecule has 5 aromatic rings. The minimum Gasteiger partial charge on any atom is -0.494 e. The summed E-state index contributed by atoms with van der Waals surface area (Å²) < 4.78 is 22.0. The highest BCUT2D eigenvalue weighted by Crippen LogP contribution is 2.43. The van der Waals surface area contributed by atoms with E-state index < -0.39 is 7.14 Å². The maximum atomic E-state index is 13.5. The number of piperidine rings is 1. The van der Waals surface area contributed by atoms with Gasteiger partial charge < -0.3 is 30.2 Å². The van der Waals surface area contributed by atoms with Crippen LogP contribution in [0.25, 0.3) is 22.0 Å². The van der Waals surface area contributed by atoms with Crippen LogP contribution in [0.3, 0.4) is 0 Å². The third kappa shape index (κ3) is 7.17. The molecule has 0 atom stereocenters. The monoisotopic (exact) mass is 744 g/mol. The number of pyridine rings is 1. The number of rotatable bonds is 9. The normalized spacial score (nSPS) is 16.2. The van der Waals surface area contributed by atoms with Gasteiger partial charge in [-0.1, -0.05) is 18.2 Å². The van der Waals surface area contributed by atoms with Gasteiger partial charge in [-0.25, -0.2) is 4.98 Å². The number of aryl methyl sites for hydroxylation is 1. The Bertz CT molecular complexity index is 2020. The first kappa shape index (κ1) is 33.5. The zero-order valence-corrected chi connectivity index (χ0v) is 30.8. The summed E-state index contributed by atoms with van der Waals surface area (Å²) in [5, 5.41) is 16.3. The second-order valence-corrected chi connectivity index (χ2v) is 17.0. The van der Waals surface area contributed by atoms with E-state index in [1.807, 2.05) is 48.4 Å². The molecule has 12 nitrogen and oxygen atoms in total. The van der Waals surface area contributed by atoms with E-state index in [-0.39, 0.29) is 0 Å². The molecule has 0 unspecified atom stereocenters. The lowest BCUT2D eigenvalue weighted by molar-refractivity contribution is 0.150. The molecule has 5 heterocycles. The molecule has 0 aliphatic carbocycles. The van der Waals surface area contributed by atoms with Crippen molar-refractivity contribution in [3.8, 4) is 16.9 Å². The SMILES string of the molecule is COc1cc(N2CCC(N3CCNCC3)CC2)c(-c2cnn(C)c2)cc1Nc1ncc(Br)c(Nc2cnc3ccccc3c2P(C)(C)=O)n1. The lowest BCUT2D eigenvalue weighted by Gasteiger charge is -2.41. The third-order valence-electron chi connectivity index (χ3n) is 9.34. The standard InChI is InChI=1S/C35H42BrN10O2P/c1-44-22-23(19-40-44)26-17-29(32(48-2)18-31(26)46-13-9-24(10-14-46)45-15-11-37-12-16-45)42-35-39-20-27(36)34(43-35)41-30-21-38-28-8-6-5-7-25(28)33(30)49(3,4)47/h5-8,17-22,24,37H,9-16H2,1-4H3,(H2,39,41,42,43). The second-order valence-electron chi connectivity index (χ2n) is 13.0. The number of piperazine rings is 1. The molecule has 3 aromatic heterocycles. The molecule has 2 aromatic carbocycles. The fraction of sp³-hybridized carbons (Fsp3) is 0.371. The van der Waals surface area contributed by atoms with Crippen LogP contribution in [0.1, 0.15) is 12.8 Å². The number of anilines is 5. The Morgan fingerprint density at radius 2 is 1.76 bits per heavy atom. The first-order valence-electron chi connectivity index (χ1n) is 16.6. The number of benzene rings is 2. The summed E-state index contributed by atoms with van der Waals surface area (Å²) in [6.07, 6.45) is 9.59. The molecule has 256 valence electrons. The summed E-state index contributed by atoms with van der Waals surface area (Å²) in [6.45, 7) is 9.85. The van der Waals surface area contributed by atoms with Crippen molar-refractivity contribution in [2.24, 2.45) is 7.05 Å². The van der Waals surface area contributed by atoms with E-state index in [1.54, 1.807) is 32.8 Å². The fourth-order valence-corrected chi connectivity index (χ4v) is 8.72. The van der Waals surface area contributed by atoms with Crippen molar-refractivity contribution in [2.75, 3.05) is 75.2 Å². The summed E-state index contributed by atoms with van der Waals surface area (Å²) in [4.78, 5) is 19.1. The molecule has 7 rings (SSSR count). The average Bonchev–Trinajstić information content (AvgIpc) is 3.55. The smallest absolute Gasteiger partial charge is 0.229 e. The molecule has 3 N–H and O–H groups in total. The van der Waals surface area contributed by atoms with Gasteiger partial charge in [0.25, 0.3) is 0 Å². The summed E-state index contributed by atoms with van der Waals surface area (Å²) in [6, 6.07) is 12.6. The Morgan fingerprint density at radius 3 is 2.47 bits per heavy atom. The highest BCUT2D eigenvalue weighted by Gasteiger charge is 2.28. The van der Waals surface area contributed by atoms with Crippen LogP contribution in [0.5, 0.6) is 5.75 Å². The van der Waals surface area contributed by atoms with E-state index in [0.29, 0.717) is 33.7 Å². The lowest BCUT2D eigenvalue weighted by atomic mass is 9.98. The summed E-state index contributed by atoms with van der Waals surface area (Å²) in [7, 11) is 0.914. The van der Waals surface area contributed by atoms with Gasteiger partial charge in [-0.3, -0.25) is 14.6 Å². The largest absolute Gasteiger partial charge is 0.494 e. The van der Waals surface area contributed by atoms with Gasteiger partial charge in [0.1, 0.15) is 18.7 Å². The lowest BCUT2D eigenvalue weighted by Crippen LogP contribution is -2.52. The van der Waals surface area contributed by atoms with E-state index in [2.05, 4.69) is 68.9 Å². The van der Waals surface area contributed by atoms with Crippen LogP contribution in [-0.2, 0) is 11.6 Å². The molecular formula is C35H42BrN10O2P. The predicted octanol–water partition coefficient (Wildman–Crippen LogP) is 5.81. The van der Waals surface area contributed by atoms with Crippen LogP contribution in [0, 0.1) is 0 Å². The average molecular weight is 746 g/mol. The molecule has 0 radical (unpaired) electrons. The number of aromatic nitrogens is 5. The minimum atomic E-state index is -2.70. The number of ether oxygens (including phenoxy) is 1. The zero-order chi connectivity index (χ0) is 34.1. The number of nitrogens with one attached hydrogen (secondary N) is 3. The molecular weight excluding hydrogens is 703 g/mol. The Balaban J connectivity index is 1.20. The van der Waals surface area contributed by atoms with Gasteiger partial charge in [-0.15, -0.1) is 0 Å². The van der Waals surface area contributed by atoms with Crippen molar-refractivity contribution >= 4 is 68.1 Å². The van der Waals surface area contributed by atoms with Crippen molar-refractivity contribution in [3.63, 3.8) is 0 Å². The van der Waals surface area contributed by atoms with E-state index in [1.165, 1.54) is 0 Å². The molecule has 2 aliphatic heterocycles. The second kappa shape index (κ2) is 14.1. The molecule has 0 bridgehead atoms. The van der Waals surface area contributed by atoms with Gasteiger partial charge in [0.05, 0.1) is 40.9 Å². The van der Waals surface area contributed by atoms with Crippen LogP contribution in [0.2, 0.25) is 0 Å². The fourth-order valence-electron chi connectivity index (χ4n) is 6.97. The summed E-state index contributed by atoms with van der Waals surface area (Å²) in [5.41, 5.74) is 5.35. The number of methoxy groups -OCH3 is 1. The van der Waals surface area contributed by atoms with Gasteiger partial charge in [-0.2, -0.15) is 10.1 Å². The number of nitrogens with zero attached hydrogens (tertiary/aromatic N) is 7. The Morgan fingerprint density at radius 1 is 0.980 bits per heavy atom. The van der Waals surface area contributed by atoms with Crippen molar-refractivity contribution in [2.45, 2.75) is 18.9 Å². The van der Waals surface area contributed by atoms with Gasteiger partial charge in [-0.05, 0) is 54.2 Å². The number of halogens is 1. The van der Waals surface area contributed by atoms with Crippen LogP contribution in [0.4, 0.5) is 28.8 Å². The molecule has 49 heavy (non-hydrogen) atoms. The van der Waals surface area contributed by atoms with Crippen molar-refractivity contribution < 1.29 is 9.30 Å². The van der Waals surface area contributed by atoms with Crippen molar-refractivity contribution in [3.05, 3.63) is 65.7 Å². The number of hydrogen-bond donors (Lipinski definition) is 3. The quantitative estimate of drug-likeness (QED) is 0.159. The Hall–Kier alpha value is -4.03. The van der Waals surface area contributed by atoms with Gasteiger partial charge in [0.15, 0.2) is 0 Å². The molecule has 2 saturated heterocycles. The minimum absolute atomic E-state index is 0.372. The number of fused-ring (bicyclic) bond motifs is 1. The maximum Gasteiger partial charge on any atom is 0.229 e. The Kier molecular flexibility index (Phi) is 9.61. The predicted molar refractivity (Wildman–Crippen MR) is 202 cm³/mol. The van der Waals surface area contributed by atoms with Crippen molar-refractivity contribution in [1.29, 1.82) is 0 Å². The maximum absolute atomic E-state index is 13.5. The third-order valence-corrected chi connectivity index (χ3v) is 11.5. The van der Waals surface area contributed by atoms with Crippen LogP contribution >= 0.6 is 23.1 Å². The topological polar surface area (TPSA) is 125 Å². The van der Waals surface area contributed by atoms with Gasteiger partial charge in [0, 0.05) is 98.3 Å². The summed E-state index contributed by atoms with van der Waals surface area (Å²) >= 11 is 3.60. The van der Waals surface area contributed by atoms with Gasteiger partial charge >= 0.3 is 0 Å². The van der Waals surface area contributed by atoms with E-state index in [4.69, 9.17) is 9.72 Å². The van der Waals surface area contributed by atoms with Crippen LogP contribution in [0.15, 0.2) is 65.7 Å². The number of para-hydroxylation sites is 1. The molecule has 2 fully saturated rings. The van der Waals surface area contributed by atoms with E-state index >= 15 is 0 Å². The first-order valence-corrected chi connectivity index (χ1v) is 20.0. The van der Waals surface area contributed by atoms with E-state index in [9.17, 15) is 4.57 Å². The Labute approximate surface area is 295 Å². The van der Waals surface area contributed by atoms with Crippen LogP contribution in [-0.4, -0.2) is 95.4 Å². The summed E-state index contributed by atoms with van der Waals surface area (Å²) in [5.74, 6) is 1.57. The van der Waals surface area contributed by atoms with E-state index in [0.717, 1.165) is 90.8 Å².